The van der Waals surface area contributed by atoms with Crippen molar-refractivity contribution in [3.05, 3.63) is 69.0 Å². The molecule has 2 aromatic carbocycles. The van der Waals surface area contributed by atoms with Gasteiger partial charge in [-0.05, 0) is 49.4 Å². The Kier molecular flexibility index (Phi) is 8.70. The number of thiazole rings is 1. The fourth-order valence-electron chi connectivity index (χ4n) is 6.31. The maximum atomic E-state index is 17.6. The minimum Gasteiger partial charge on any atom is -0.375 e. The molecule has 2 N–H and O–H groups in total. The zero-order valence-electron chi connectivity index (χ0n) is 26.9. The van der Waals surface area contributed by atoms with Gasteiger partial charge in [-0.25, -0.2) is 17.8 Å². The van der Waals surface area contributed by atoms with Crippen molar-refractivity contribution in [2.75, 3.05) is 43.1 Å². The number of sulfone groups is 1. The van der Waals surface area contributed by atoms with E-state index in [2.05, 4.69) is 21.8 Å². The third-order valence-corrected chi connectivity index (χ3v) is 10.7. The first-order chi connectivity index (χ1) is 22.7. The summed E-state index contributed by atoms with van der Waals surface area (Å²) in [4.78, 5) is 39.0. The number of fused-ring (bicyclic) bond motifs is 2. The van der Waals surface area contributed by atoms with Crippen LogP contribution < -0.4 is 16.2 Å². The number of piperazine rings is 1. The van der Waals surface area contributed by atoms with Crippen LogP contribution in [-0.2, 0) is 14.6 Å². The minimum atomic E-state index is -4.22. The molecular weight excluding hydrogens is 675 g/mol. The number of pyridine rings is 2. The molecular formula is C34H32ClFN6O4S2. The zero-order valence-corrected chi connectivity index (χ0v) is 29.3. The van der Waals surface area contributed by atoms with Crippen molar-refractivity contribution in [2.24, 2.45) is 0 Å². The summed E-state index contributed by atoms with van der Waals surface area (Å²) in [5.74, 6) is 3.73. The summed E-state index contributed by atoms with van der Waals surface area (Å²) < 4.78 is 46.7. The fourth-order valence-corrected chi connectivity index (χ4v) is 8.37. The first-order valence-corrected chi connectivity index (χ1v) is 18.2. The fraction of sp³-hybridized carbons (Fsp3) is 0.294. The maximum absolute atomic E-state index is 17.6. The van der Waals surface area contributed by atoms with E-state index in [0.29, 0.717) is 27.5 Å². The van der Waals surface area contributed by atoms with E-state index in [1.54, 1.807) is 48.0 Å². The number of nitrogens with two attached hydrogens (primary N) is 1. The Morgan fingerprint density at radius 1 is 1.15 bits per heavy atom. The van der Waals surface area contributed by atoms with E-state index >= 15 is 4.39 Å². The normalized spacial score (nSPS) is 13.8. The Morgan fingerprint density at radius 3 is 2.50 bits per heavy atom. The minimum absolute atomic E-state index is 0.00697. The molecule has 1 amide bonds. The number of para-hydroxylation sites is 1. The molecule has 6 rings (SSSR count). The summed E-state index contributed by atoms with van der Waals surface area (Å²) in [6.45, 7) is 7.86. The predicted octanol–water partition coefficient (Wildman–Crippen LogP) is 5.54. The number of benzene rings is 2. The second-order valence-electron chi connectivity index (χ2n) is 11.9. The molecule has 4 heterocycles. The molecule has 14 heteroatoms. The van der Waals surface area contributed by atoms with Gasteiger partial charge in [0.25, 0.3) is 11.5 Å². The highest BCUT2D eigenvalue weighted by atomic mass is 35.5. The lowest BCUT2D eigenvalue weighted by atomic mass is 9.99. The molecule has 0 aliphatic carbocycles. The average Bonchev–Trinajstić information content (AvgIpc) is 3.41. The highest BCUT2D eigenvalue weighted by Crippen LogP contribution is 2.44. The van der Waals surface area contributed by atoms with Crippen LogP contribution in [0.1, 0.15) is 37.9 Å². The standard InChI is InChI=1S/C34H32ClFN6O4S2/c1-6-8-24(43)40-13-15-41(16-14-40)31-21-17-22(35)25(20-9-7-10-23-28(20)39-34(37)47-23)26(36)30(21)42(33(44)32(31)48(5,45)46)29-19(4)11-12-38-27(29)18(2)3/h7,9-12,17-18H,13-16H2,1-5H3,(H2,37,39). The number of aromatic nitrogens is 3. The third-order valence-electron chi connectivity index (χ3n) is 8.40. The van der Waals surface area contributed by atoms with Crippen molar-refractivity contribution < 1.29 is 17.6 Å². The van der Waals surface area contributed by atoms with Crippen LogP contribution in [0.15, 0.2) is 46.2 Å². The van der Waals surface area contributed by atoms with Crippen LogP contribution in [-0.4, -0.2) is 66.2 Å². The molecule has 248 valence electrons. The van der Waals surface area contributed by atoms with E-state index in [0.717, 1.165) is 15.5 Å². The molecule has 0 spiro atoms. The summed E-state index contributed by atoms with van der Waals surface area (Å²) >= 11 is 8.19. The Morgan fingerprint density at radius 2 is 1.85 bits per heavy atom. The number of halogens is 2. The number of carbonyl (C=O) groups excluding carboxylic acids is 1. The van der Waals surface area contributed by atoms with E-state index in [9.17, 15) is 18.0 Å². The first-order valence-electron chi connectivity index (χ1n) is 15.1. The summed E-state index contributed by atoms with van der Waals surface area (Å²) in [6, 6.07) is 8.43. The number of nitrogen functional groups attached to an aromatic ring is 1. The summed E-state index contributed by atoms with van der Waals surface area (Å²) in [5.41, 5.74) is 7.15. The molecule has 0 radical (unpaired) electrons. The van der Waals surface area contributed by atoms with Crippen molar-refractivity contribution in [3.63, 3.8) is 0 Å². The van der Waals surface area contributed by atoms with E-state index in [1.807, 2.05) is 19.9 Å². The zero-order chi connectivity index (χ0) is 34.7. The molecule has 3 aromatic heterocycles. The Hall–Kier alpha value is -4.51. The second-order valence-corrected chi connectivity index (χ2v) is 15.3. The van der Waals surface area contributed by atoms with Gasteiger partial charge in [0.1, 0.15) is 0 Å². The van der Waals surface area contributed by atoms with Gasteiger partial charge in [-0.15, -0.1) is 0 Å². The molecule has 0 unspecified atom stereocenters. The van der Waals surface area contributed by atoms with Crippen molar-refractivity contribution in [1.82, 2.24) is 19.4 Å². The molecule has 5 aromatic rings. The molecule has 0 bridgehead atoms. The molecule has 1 aliphatic heterocycles. The van der Waals surface area contributed by atoms with Gasteiger partial charge in [-0.3, -0.25) is 19.1 Å². The van der Waals surface area contributed by atoms with Crippen LogP contribution in [0.5, 0.6) is 0 Å². The Bertz CT molecular complexity index is 2390. The van der Waals surface area contributed by atoms with E-state index in [1.165, 1.54) is 17.4 Å². The highest BCUT2D eigenvalue weighted by molar-refractivity contribution is 7.90. The Balaban J connectivity index is 1.77. The van der Waals surface area contributed by atoms with Gasteiger partial charge >= 0.3 is 0 Å². The van der Waals surface area contributed by atoms with Crippen LogP contribution in [0.2, 0.25) is 5.02 Å². The smallest absolute Gasteiger partial charge is 0.298 e. The first kappa shape index (κ1) is 33.4. The van der Waals surface area contributed by atoms with E-state index in [-0.39, 0.29) is 70.9 Å². The van der Waals surface area contributed by atoms with Gasteiger partial charge in [0.15, 0.2) is 25.7 Å². The molecule has 0 saturated carbocycles. The highest BCUT2D eigenvalue weighted by Gasteiger charge is 2.34. The summed E-state index contributed by atoms with van der Waals surface area (Å²) in [7, 11) is -4.22. The topological polar surface area (TPSA) is 131 Å². The number of nitrogens with zero attached hydrogens (tertiary/aromatic N) is 5. The lowest BCUT2D eigenvalue weighted by molar-refractivity contribution is -0.125. The van der Waals surface area contributed by atoms with E-state index < -0.39 is 26.1 Å². The van der Waals surface area contributed by atoms with Crippen molar-refractivity contribution in [3.8, 4) is 28.7 Å². The third kappa shape index (κ3) is 5.57. The lowest BCUT2D eigenvalue weighted by Crippen LogP contribution is -2.49. The molecule has 48 heavy (non-hydrogen) atoms. The number of anilines is 2. The van der Waals surface area contributed by atoms with Crippen LogP contribution in [0.25, 0.3) is 37.9 Å². The number of rotatable bonds is 5. The summed E-state index contributed by atoms with van der Waals surface area (Å²) in [5, 5.41) is 0.406. The second kappa shape index (κ2) is 12.5. The molecule has 1 aliphatic rings. The van der Waals surface area contributed by atoms with E-state index in [4.69, 9.17) is 17.3 Å². The van der Waals surface area contributed by atoms with Gasteiger partial charge in [-0.2, -0.15) is 0 Å². The van der Waals surface area contributed by atoms with Crippen LogP contribution >= 0.6 is 22.9 Å². The SMILES string of the molecule is CC#CC(=O)N1CCN(c2c(S(C)(=O)=O)c(=O)n(-c3c(C)ccnc3C(C)C)c3c(F)c(-c4cccc5sc(N)nc45)c(Cl)cc23)CC1. The van der Waals surface area contributed by atoms with Gasteiger partial charge in [0.2, 0.25) is 0 Å². The largest absolute Gasteiger partial charge is 0.375 e. The van der Waals surface area contributed by atoms with Crippen LogP contribution in [0.3, 0.4) is 0 Å². The van der Waals surface area contributed by atoms with Gasteiger partial charge in [-0.1, -0.05) is 54.8 Å². The average molecular weight is 707 g/mol. The summed E-state index contributed by atoms with van der Waals surface area (Å²) in [6.07, 6.45) is 2.56. The maximum Gasteiger partial charge on any atom is 0.298 e. The predicted molar refractivity (Wildman–Crippen MR) is 190 cm³/mol. The quantitative estimate of drug-likeness (QED) is 0.236. The van der Waals surface area contributed by atoms with Gasteiger partial charge in [0, 0.05) is 55.1 Å². The molecule has 0 atom stereocenters. The van der Waals surface area contributed by atoms with Crippen molar-refractivity contribution in [2.45, 2.75) is 38.5 Å². The van der Waals surface area contributed by atoms with Crippen LogP contribution in [0, 0.1) is 24.6 Å². The lowest BCUT2D eigenvalue weighted by Gasteiger charge is -2.37. The Labute approximate surface area is 285 Å². The molecule has 1 saturated heterocycles. The van der Waals surface area contributed by atoms with Crippen molar-refractivity contribution >= 4 is 70.6 Å². The van der Waals surface area contributed by atoms with Crippen molar-refractivity contribution in [1.29, 1.82) is 0 Å². The monoisotopic (exact) mass is 706 g/mol. The number of carbonyl (C=O) groups is 1. The molecule has 10 nitrogen and oxygen atoms in total. The van der Waals surface area contributed by atoms with Crippen LogP contribution in [0.4, 0.5) is 15.2 Å². The number of hydrogen-bond acceptors (Lipinski definition) is 9. The van der Waals surface area contributed by atoms with Gasteiger partial charge < -0.3 is 15.5 Å². The number of aryl methyl sites for hydroxylation is 1. The molecule has 1 fully saturated rings. The number of hydrogen-bond donors (Lipinski definition) is 1. The number of amides is 1. The van der Waals surface area contributed by atoms with Gasteiger partial charge in [0.05, 0.1) is 37.8 Å².